The van der Waals surface area contributed by atoms with E-state index >= 15 is 0 Å². The molecule has 0 aromatic carbocycles. The highest BCUT2D eigenvalue weighted by Gasteiger charge is 2.25. The van der Waals surface area contributed by atoms with Crippen molar-refractivity contribution in [1.29, 1.82) is 0 Å². The molecular weight excluding hydrogens is 346 g/mol. The Kier molecular flexibility index (Phi) is 3.71. The zero-order valence-electron chi connectivity index (χ0n) is 12.1. The fourth-order valence-electron chi connectivity index (χ4n) is 2.59. The SMILES string of the molecule is Brc1cnc(N2CCNCC2)nc1Nc1cc(C2CC2)[nH]n1. The van der Waals surface area contributed by atoms with E-state index < -0.39 is 0 Å². The van der Waals surface area contributed by atoms with Crippen LogP contribution in [0.25, 0.3) is 0 Å². The van der Waals surface area contributed by atoms with Crippen LogP contribution in [0.15, 0.2) is 16.7 Å². The summed E-state index contributed by atoms with van der Waals surface area (Å²) in [5.74, 6) is 2.96. The van der Waals surface area contributed by atoms with E-state index in [1.165, 1.54) is 18.5 Å². The van der Waals surface area contributed by atoms with Crippen LogP contribution >= 0.6 is 15.9 Å². The van der Waals surface area contributed by atoms with Gasteiger partial charge in [0.1, 0.15) is 0 Å². The van der Waals surface area contributed by atoms with Gasteiger partial charge in [-0.2, -0.15) is 10.1 Å². The minimum absolute atomic E-state index is 0.660. The van der Waals surface area contributed by atoms with Crippen molar-refractivity contribution in [2.45, 2.75) is 18.8 Å². The molecule has 2 aromatic rings. The molecule has 7 nitrogen and oxygen atoms in total. The van der Waals surface area contributed by atoms with Crippen LogP contribution in [-0.2, 0) is 0 Å². The minimum atomic E-state index is 0.660. The van der Waals surface area contributed by atoms with Crippen molar-refractivity contribution in [3.05, 3.63) is 22.4 Å². The summed E-state index contributed by atoms with van der Waals surface area (Å²) in [5.41, 5.74) is 1.20. The molecule has 4 rings (SSSR count). The van der Waals surface area contributed by atoms with Crippen molar-refractivity contribution in [2.75, 3.05) is 36.4 Å². The van der Waals surface area contributed by atoms with Crippen molar-refractivity contribution in [3.63, 3.8) is 0 Å². The smallest absolute Gasteiger partial charge is 0.227 e. The van der Waals surface area contributed by atoms with Crippen LogP contribution in [0.1, 0.15) is 24.5 Å². The van der Waals surface area contributed by atoms with Crippen molar-refractivity contribution in [3.8, 4) is 0 Å². The average Bonchev–Trinajstić information content (AvgIpc) is 3.30. The summed E-state index contributed by atoms with van der Waals surface area (Å²) in [5, 5.41) is 14.0. The second-order valence-electron chi connectivity index (χ2n) is 5.71. The number of anilines is 3. The zero-order chi connectivity index (χ0) is 14.9. The number of nitrogens with zero attached hydrogens (tertiary/aromatic N) is 4. The Labute approximate surface area is 137 Å². The Morgan fingerprint density at radius 2 is 2.09 bits per heavy atom. The molecule has 0 bridgehead atoms. The molecule has 22 heavy (non-hydrogen) atoms. The number of hydrogen-bond acceptors (Lipinski definition) is 6. The predicted octanol–water partition coefficient (Wildman–Crippen LogP) is 1.99. The number of halogens is 1. The molecule has 1 aliphatic carbocycles. The van der Waals surface area contributed by atoms with E-state index in [0.29, 0.717) is 5.92 Å². The monoisotopic (exact) mass is 363 g/mol. The maximum absolute atomic E-state index is 4.64. The fourth-order valence-corrected chi connectivity index (χ4v) is 2.88. The number of nitrogens with one attached hydrogen (secondary N) is 3. The van der Waals surface area contributed by atoms with E-state index in [1.54, 1.807) is 6.20 Å². The highest BCUT2D eigenvalue weighted by atomic mass is 79.9. The van der Waals surface area contributed by atoms with E-state index in [-0.39, 0.29) is 0 Å². The fraction of sp³-hybridized carbons (Fsp3) is 0.500. The maximum Gasteiger partial charge on any atom is 0.227 e. The average molecular weight is 364 g/mol. The van der Waals surface area contributed by atoms with Crippen molar-refractivity contribution >= 4 is 33.5 Å². The van der Waals surface area contributed by atoms with Crippen molar-refractivity contribution in [2.24, 2.45) is 0 Å². The summed E-state index contributed by atoms with van der Waals surface area (Å²) in [7, 11) is 0. The van der Waals surface area contributed by atoms with Gasteiger partial charge in [0.15, 0.2) is 11.6 Å². The molecule has 3 heterocycles. The van der Waals surface area contributed by atoms with Gasteiger partial charge in [0.2, 0.25) is 5.95 Å². The Morgan fingerprint density at radius 1 is 1.27 bits per heavy atom. The molecule has 1 aliphatic heterocycles. The van der Waals surface area contributed by atoms with Gasteiger partial charge in [-0.05, 0) is 28.8 Å². The normalized spacial score (nSPS) is 18.5. The molecule has 0 radical (unpaired) electrons. The zero-order valence-corrected chi connectivity index (χ0v) is 13.7. The van der Waals surface area contributed by atoms with E-state index in [9.17, 15) is 0 Å². The van der Waals surface area contributed by atoms with Crippen molar-refractivity contribution in [1.82, 2.24) is 25.5 Å². The van der Waals surface area contributed by atoms with Gasteiger partial charge in [-0.3, -0.25) is 5.10 Å². The maximum atomic E-state index is 4.64. The van der Waals surface area contributed by atoms with Gasteiger partial charge in [0.25, 0.3) is 0 Å². The number of rotatable bonds is 4. The van der Waals surface area contributed by atoms with Crippen LogP contribution in [-0.4, -0.2) is 46.3 Å². The number of H-pyrrole nitrogens is 1. The largest absolute Gasteiger partial charge is 0.338 e. The van der Waals surface area contributed by atoms with E-state index in [4.69, 9.17) is 0 Å². The van der Waals surface area contributed by atoms with Gasteiger partial charge in [0, 0.05) is 50.1 Å². The summed E-state index contributed by atoms with van der Waals surface area (Å²) in [6.45, 7) is 3.78. The molecular formula is C14H18BrN7. The minimum Gasteiger partial charge on any atom is -0.338 e. The topological polar surface area (TPSA) is 81.8 Å². The van der Waals surface area contributed by atoms with Crippen LogP contribution in [0.4, 0.5) is 17.6 Å². The van der Waals surface area contributed by atoms with Crippen LogP contribution in [0, 0.1) is 0 Å². The highest BCUT2D eigenvalue weighted by molar-refractivity contribution is 9.10. The molecule has 0 atom stereocenters. The number of aromatic amines is 1. The Balaban J connectivity index is 1.54. The molecule has 2 aliphatic rings. The first-order chi connectivity index (χ1) is 10.8. The van der Waals surface area contributed by atoms with Gasteiger partial charge in [0.05, 0.1) is 4.47 Å². The molecule has 0 unspecified atom stereocenters. The van der Waals surface area contributed by atoms with Gasteiger partial charge in [-0.15, -0.1) is 0 Å². The lowest BCUT2D eigenvalue weighted by molar-refractivity contribution is 0.580. The Hall–Kier alpha value is -1.67. The second kappa shape index (κ2) is 5.85. The van der Waals surface area contributed by atoms with Crippen molar-refractivity contribution < 1.29 is 0 Å². The van der Waals surface area contributed by atoms with Crippen LogP contribution in [0.2, 0.25) is 0 Å². The molecule has 116 valence electrons. The molecule has 2 aromatic heterocycles. The van der Waals surface area contributed by atoms with E-state index in [0.717, 1.165) is 48.2 Å². The lowest BCUT2D eigenvalue weighted by atomic mass is 10.3. The first-order valence-corrected chi connectivity index (χ1v) is 8.39. The first kappa shape index (κ1) is 14.0. The predicted molar refractivity (Wildman–Crippen MR) is 88.7 cm³/mol. The lowest BCUT2D eigenvalue weighted by Crippen LogP contribution is -2.44. The summed E-state index contributed by atoms with van der Waals surface area (Å²) >= 11 is 3.50. The molecule has 2 fully saturated rings. The highest BCUT2D eigenvalue weighted by Crippen LogP contribution is 2.39. The Morgan fingerprint density at radius 3 is 2.86 bits per heavy atom. The number of piperazine rings is 1. The molecule has 1 saturated carbocycles. The number of hydrogen-bond donors (Lipinski definition) is 3. The van der Waals surface area contributed by atoms with Gasteiger partial charge >= 0.3 is 0 Å². The first-order valence-electron chi connectivity index (χ1n) is 7.60. The molecule has 3 N–H and O–H groups in total. The molecule has 0 spiro atoms. The third-order valence-electron chi connectivity index (χ3n) is 3.99. The molecule has 1 saturated heterocycles. The standard InChI is InChI=1S/C14H18BrN7/c15-10-8-17-14(22-5-3-16-4-6-22)19-13(10)18-12-7-11(20-21-12)9-1-2-9/h7-9,16H,1-6H2,(H2,17,18,19,20,21). The second-order valence-corrected chi connectivity index (χ2v) is 6.57. The van der Waals surface area contributed by atoms with Crippen LogP contribution < -0.4 is 15.5 Å². The third-order valence-corrected chi connectivity index (χ3v) is 4.57. The van der Waals surface area contributed by atoms with Gasteiger partial charge < -0.3 is 15.5 Å². The summed E-state index contributed by atoms with van der Waals surface area (Å²) < 4.78 is 0.836. The molecule has 0 amide bonds. The van der Waals surface area contributed by atoms with Gasteiger partial charge in [-0.25, -0.2) is 4.98 Å². The quantitative estimate of drug-likeness (QED) is 0.770. The number of aromatic nitrogens is 4. The summed E-state index contributed by atoms with van der Waals surface area (Å²) in [6, 6.07) is 2.07. The lowest BCUT2D eigenvalue weighted by Gasteiger charge is -2.27. The Bertz CT molecular complexity index is 661. The van der Waals surface area contributed by atoms with E-state index in [2.05, 4.69) is 57.7 Å². The van der Waals surface area contributed by atoms with Crippen LogP contribution in [0.5, 0.6) is 0 Å². The van der Waals surface area contributed by atoms with Crippen LogP contribution in [0.3, 0.4) is 0 Å². The molecule has 8 heteroatoms. The summed E-state index contributed by atoms with van der Waals surface area (Å²) in [4.78, 5) is 11.2. The van der Waals surface area contributed by atoms with E-state index in [1.807, 2.05) is 0 Å². The van der Waals surface area contributed by atoms with Gasteiger partial charge in [-0.1, -0.05) is 0 Å². The summed E-state index contributed by atoms with van der Waals surface area (Å²) in [6.07, 6.45) is 4.30. The third kappa shape index (κ3) is 2.93.